The summed E-state index contributed by atoms with van der Waals surface area (Å²) in [5.41, 5.74) is 5.46. The quantitative estimate of drug-likeness (QED) is 0.469. The molecule has 2 N–H and O–H groups in total. The van der Waals surface area contributed by atoms with Gasteiger partial charge in [-0.3, -0.25) is 4.79 Å². The zero-order chi connectivity index (χ0) is 23.0. The maximum atomic E-state index is 13.8. The number of nitrogens with one attached hydrogen (secondary N) is 1. The molecule has 0 aliphatic heterocycles. The molecule has 2 aromatic heterocycles. The molecule has 4 rings (SSSR count). The zero-order valence-electron chi connectivity index (χ0n) is 17.9. The Hall–Kier alpha value is -4.00. The molecule has 6 nitrogen and oxygen atoms in total. The number of anilines is 1. The molecule has 0 bridgehead atoms. The predicted octanol–water partition coefficient (Wildman–Crippen LogP) is 4.95. The molecular weight excluding hydrogens is 409 g/mol. The van der Waals surface area contributed by atoms with Crippen LogP contribution in [0.2, 0.25) is 0 Å². The van der Waals surface area contributed by atoms with Crippen molar-refractivity contribution in [1.82, 2.24) is 9.38 Å². The molecule has 0 atom stereocenters. The number of hydrogen-bond donors (Lipinski definition) is 2. The third-order valence-electron chi connectivity index (χ3n) is 5.38. The van der Waals surface area contributed by atoms with Crippen LogP contribution in [0.1, 0.15) is 32.7 Å². The molecule has 32 heavy (non-hydrogen) atoms. The molecule has 1 amide bonds. The highest BCUT2D eigenvalue weighted by Gasteiger charge is 2.19. The summed E-state index contributed by atoms with van der Waals surface area (Å²) in [6, 6.07) is 13.2. The number of hydrogen-bond acceptors (Lipinski definition) is 3. The molecule has 162 valence electrons. The summed E-state index contributed by atoms with van der Waals surface area (Å²) in [6.07, 6.45) is 1.91. The average molecular weight is 431 g/mol. The molecule has 4 aromatic rings. The van der Waals surface area contributed by atoms with Crippen LogP contribution in [0.5, 0.6) is 0 Å². The number of aryl methyl sites for hydroxylation is 3. The number of carboxylic acid groups (broad SMARTS) is 1. The summed E-state index contributed by atoms with van der Waals surface area (Å²) in [4.78, 5) is 29.0. The number of carbonyl (C=O) groups is 2. The fraction of sp³-hybridized carbons (Fsp3) is 0.160. The van der Waals surface area contributed by atoms with Gasteiger partial charge in [-0.05, 0) is 73.9 Å². The van der Waals surface area contributed by atoms with Crippen molar-refractivity contribution in [2.24, 2.45) is 0 Å². The first-order valence-electron chi connectivity index (χ1n) is 10.1. The third-order valence-corrected chi connectivity index (χ3v) is 5.38. The van der Waals surface area contributed by atoms with Gasteiger partial charge in [-0.2, -0.15) is 0 Å². The van der Waals surface area contributed by atoms with Crippen LogP contribution < -0.4 is 5.32 Å². The minimum atomic E-state index is -1.06. The Morgan fingerprint density at radius 2 is 1.81 bits per heavy atom. The van der Waals surface area contributed by atoms with Crippen LogP contribution in [-0.4, -0.2) is 26.4 Å². The number of pyridine rings is 1. The van der Waals surface area contributed by atoms with Crippen molar-refractivity contribution in [3.8, 4) is 11.3 Å². The minimum absolute atomic E-state index is 0.00706. The summed E-state index contributed by atoms with van der Waals surface area (Å²) < 4.78 is 15.7. The highest BCUT2D eigenvalue weighted by atomic mass is 19.1. The van der Waals surface area contributed by atoms with Gasteiger partial charge in [0.05, 0.1) is 23.4 Å². The second kappa shape index (κ2) is 8.26. The van der Waals surface area contributed by atoms with Gasteiger partial charge in [-0.1, -0.05) is 12.1 Å². The number of fused-ring (bicyclic) bond motifs is 1. The molecule has 0 saturated carbocycles. The summed E-state index contributed by atoms with van der Waals surface area (Å²) in [7, 11) is 0. The molecule has 2 aromatic carbocycles. The largest absolute Gasteiger partial charge is 0.478 e. The van der Waals surface area contributed by atoms with E-state index in [4.69, 9.17) is 4.98 Å². The predicted molar refractivity (Wildman–Crippen MR) is 121 cm³/mol. The molecule has 0 aliphatic carbocycles. The van der Waals surface area contributed by atoms with E-state index in [2.05, 4.69) is 5.32 Å². The summed E-state index contributed by atoms with van der Waals surface area (Å²) >= 11 is 0. The Morgan fingerprint density at radius 3 is 2.53 bits per heavy atom. The fourth-order valence-electron chi connectivity index (χ4n) is 3.63. The van der Waals surface area contributed by atoms with Gasteiger partial charge in [-0.15, -0.1) is 0 Å². The van der Waals surface area contributed by atoms with Crippen LogP contribution in [0, 0.1) is 26.6 Å². The summed E-state index contributed by atoms with van der Waals surface area (Å²) in [5, 5.41) is 12.1. The van der Waals surface area contributed by atoms with Crippen LogP contribution in [0.3, 0.4) is 0 Å². The third kappa shape index (κ3) is 4.09. The Labute approximate surface area is 184 Å². The van der Waals surface area contributed by atoms with Crippen molar-refractivity contribution in [2.45, 2.75) is 27.2 Å². The van der Waals surface area contributed by atoms with Gasteiger partial charge in [0.1, 0.15) is 11.5 Å². The Morgan fingerprint density at radius 1 is 1.03 bits per heavy atom. The molecule has 0 fully saturated rings. The van der Waals surface area contributed by atoms with Crippen molar-refractivity contribution in [2.75, 3.05) is 5.32 Å². The first-order chi connectivity index (χ1) is 15.2. The van der Waals surface area contributed by atoms with Gasteiger partial charge in [0.2, 0.25) is 5.91 Å². The van der Waals surface area contributed by atoms with E-state index in [0.717, 1.165) is 16.7 Å². The van der Waals surface area contributed by atoms with E-state index in [9.17, 15) is 19.1 Å². The zero-order valence-corrected chi connectivity index (χ0v) is 17.9. The van der Waals surface area contributed by atoms with Gasteiger partial charge in [-0.25, -0.2) is 14.2 Å². The van der Waals surface area contributed by atoms with Gasteiger partial charge in [0.15, 0.2) is 0 Å². The Bertz CT molecular complexity index is 1370. The second-order valence-corrected chi connectivity index (χ2v) is 7.87. The lowest BCUT2D eigenvalue weighted by molar-refractivity contribution is -0.115. The number of carboxylic acids is 1. The number of aromatic nitrogens is 2. The standard InChI is InChI=1S/C25H22FN3O3/c1-14-4-9-22-28-24(17-7-8-19(26)16(3)10-17)21(29(22)13-14)12-23(30)27-20-11-18(25(31)32)6-5-15(20)2/h4-11,13H,12H2,1-3H3,(H,27,30)(H,31,32). The molecule has 2 heterocycles. The molecule has 0 aliphatic rings. The van der Waals surface area contributed by atoms with E-state index in [0.29, 0.717) is 28.3 Å². The number of carbonyl (C=O) groups excluding carboxylic acids is 1. The first-order valence-corrected chi connectivity index (χ1v) is 10.1. The van der Waals surface area contributed by atoms with Gasteiger partial charge >= 0.3 is 5.97 Å². The lowest BCUT2D eigenvalue weighted by atomic mass is 10.1. The van der Waals surface area contributed by atoms with Crippen molar-refractivity contribution >= 4 is 23.2 Å². The van der Waals surface area contributed by atoms with Crippen molar-refractivity contribution in [3.63, 3.8) is 0 Å². The topological polar surface area (TPSA) is 83.7 Å². The number of amides is 1. The lowest BCUT2D eigenvalue weighted by Gasteiger charge is -2.11. The Kier molecular flexibility index (Phi) is 5.48. The highest BCUT2D eigenvalue weighted by molar-refractivity contribution is 5.96. The average Bonchev–Trinajstić information content (AvgIpc) is 3.09. The maximum absolute atomic E-state index is 13.8. The number of aromatic carboxylic acids is 1. The number of rotatable bonds is 5. The second-order valence-electron chi connectivity index (χ2n) is 7.87. The SMILES string of the molecule is Cc1ccc2nc(-c3ccc(F)c(C)c3)c(CC(=O)Nc3cc(C(=O)O)ccc3C)n2c1. The van der Waals surface area contributed by atoms with Gasteiger partial charge in [0.25, 0.3) is 0 Å². The summed E-state index contributed by atoms with van der Waals surface area (Å²) in [6.45, 7) is 5.43. The Balaban J connectivity index is 1.74. The smallest absolute Gasteiger partial charge is 0.335 e. The van der Waals surface area contributed by atoms with Gasteiger partial charge < -0.3 is 14.8 Å². The van der Waals surface area contributed by atoms with Crippen LogP contribution in [-0.2, 0) is 11.2 Å². The highest BCUT2D eigenvalue weighted by Crippen LogP contribution is 2.27. The molecule has 0 unspecified atom stereocenters. The molecule has 0 radical (unpaired) electrons. The monoisotopic (exact) mass is 431 g/mol. The van der Waals surface area contributed by atoms with E-state index in [1.54, 1.807) is 32.0 Å². The summed E-state index contributed by atoms with van der Waals surface area (Å²) in [5.74, 6) is -1.67. The molecular formula is C25H22FN3O3. The van der Waals surface area contributed by atoms with Crippen molar-refractivity contribution in [1.29, 1.82) is 0 Å². The minimum Gasteiger partial charge on any atom is -0.478 e. The number of imidazole rings is 1. The molecule has 0 spiro atoms. The number of nitrogens with zero attached hydrogens (tertiary/aromatic N) is 2. The van der Waals surface area contributed by atoms with Crippen molar-refractivity contribution < 1.29 is 19.1 Å². The van der Waals surface area contributed by atoms with E-state index in [1.807, 2.05) is 29.7 Å². The maximum Gasteiger partial charge on any atom is 0.335 e. The van der Waals surface area contributed by atoms with E-state index in [1.165, 1.54) is 18.2 Å². The molecule has 0 saturated heterocycles. The normalized spacial score (nSPS) is 11.0. The number of benzene rings is 2. The van der Waals surface area contributed by atoms with Crippen LogP contribution in [0.25, 0.3) is 16.9 Å². The fourth-order valence-corrected chi connectivity index (χ4v) is 3.63. The first kappa shape index (κ1) is 21.2. The number of halogens is 1. The lowest BCUT2D eigenvalue weighted by Crippen LogP contribution is -2.17. The van der Waals surface area contributed by atoms with E-state index < -0.39 is 5.97 Å². The van der Waals surface area contributed by atoms with E-state index in [-0.39, 0.29) is 23.7 Å². The van der Waals surface area contributed by atoms with Crippen LogP contribution in [0.15, 0.2) is 54.7 Å². The van der Waals surface area contributed by atoms with Crippen molar-refractivity contribution in [3.05, 3.63) is 88.5 Å². The van der Waals surface area contributed by atoms with Crippen LogP contribution >= 0.6 is 0 Å². The van der Waals surface area contributed by atoms with Crippen LogP contribution in [0.4, 0.5) is 10.1 Å². The molecule has 7 heteroatoms. The van der Waals surface area contributed by atoms with Gasteiger partial charge in [0, 0.05) is 17.4 Å². The van der Waals surface area contributed by atoms with E-state index >= 15 is 0 Å².